The van der Waals surface area contributed by atoms with E-state index in [4.69, 9.17) is 21.3 Å². The second-order valence-corrected chi connectivity index (χ2v) is 8.01. The Kier molecular flexibility index (Phi) is 6.24. The van der Waals surface area contributed by atoms with Crippen LogP contribution in [0.15, 0.2) is 41.1 Å². The van der Waals surface area contributed by atoms with Crippen LogP contribution in [0.5, 0.6) is 0 Å². The number of benzene rings is 1. The van der Waals surface area contributed by atoms with Crippen LogP contribution in [0.1, 0.15) is 41.7 Å². The molecule has 10 nitrogen and oxygen atoms in total. The maximum absolute atomic E-state index is 12.5. The van der Waals surface area contributed by atoms with Gasteiger partial charge in [0.1, 0.15) is 18.9 Å². The summed E-state index contributed by atoms with van der Waals surface area (Å²) in [6, 6.07) is 8.65. The Bertz CT molecular complexity index is 1260. The predicted molar refractivity (Wildman–Crippen MR) is 116 cm³/mol. The number of rotatable bonds is 7. The van der Waals surface area contributed by atoms with Gasteiger partial charge >= 0.3 is 0 Å². The van der Waals surface area contributed by atoms with Crippen molar-refractivity contribution in [2.45, 2.75) is 38.9 Å². The van der Waals surface area contributed by atoms with Crippen LogP contribution in [-0.2, 0) is 22.7 Å². The SMILES string of the molecule is C[C@@H](Cn1ccc(-c2ccc(C#N)c(Cl)c2)n1)NC(=O)c1coc(CN2C(=O)CCC2=O)n1. The number of hydrogen-bond donors (Lipinski definition) is 1. The summed E-state index contributed by atoms with van der Waals surface area (Å²) < 4.78 is 6.94. The summed E-state index contributed by atoms with van der Waals surface area (Å²) in [6.45, 7) is 2.13. The van der Waals surface area contributed by atoms with E-state index in [1.54, 1.807) is 29.1 Å². The van der Waals surface area contributed by atoms with Crippen molar-refractivity contribution in [3.8, 4) is 17.3 Å². The number of imide groups is 1. The Morgan fingerprint density at radius 1 is 1.30 bits per heavy atom. The molecule has 0 aliphatic carbocycles. The van der Waals surface area contributed by atoms with E-state index < -0.39 is 5.91 Å². The zero-order valence-corrected chi connectivity index (χ0v) is 18.4. The highest BCUT2D eigenvalue weighted by atomic mass is 35.5. The van der Waals surface area contributed by atoms with Gasteiger partial charge in [0.05, 0.1) is 22.8 Å². The van der Waals surface area contributed by atoms with Crippen molar-refractivity contribution in [3.05, 3.63) is 58.9 Å². The largest absolute Gasteiger partial charge is 0.446 e. The lowest BCUT2D eigenvalue weighted by molar-refractivity contribution is -0.139. The Morgan fingerprint density at radius 3 is 2.76 bits per heavy atom. The fourth-order valence-corrected chi connectivity index (χ4v) is 3.65. The summed E-state index contributed by atoms with van der Waals surface area (Å²) in [7, 11) is 0. The Balaban J connectivity index is 1.34. The highest BCUT2D eigenvalue weighted by Gasteiger charge is 2.30. The van der Waals surface area contributed by atoms with E-state index in [1.807, 2.05) is 19.1 Å². The molecule has 0 saturated carbocycles. The van der Waals surface area contributed by atoms with Crippen LogP contribution in [0.3, 0.4) is 0 Å². The highest BCUT2D eigenvalue weighted by Crippen LogP contribution is 2.24. The molecule has 33 heavy (non-hydrogen) atoms. The molecule has 3 heterocycles. The highest BCUT2D eigenvalue weighted by molar-refractivity contribution is 6.32. The standard InChI is InChI=1S/C22H19ClN6O4/c1-13(10-28-7-6-17(27-28)14-2-3-15(9-24)16(23)8-14)25-22(32)18-12-33-19(26-18)11-29-20(30)4-5-21(29)31/h2-3,6-8,12-13H,4-5,10-11H2,1H3,(H,25,32)/t13-/m0/s1. The van der Waals surface area contributed by atoms with Crippen LogP contribution < -0.4 is 5.32 Å². The van der Waals surface area contributed by atoms with E-state index >= 15 is 0 Å². The molecular weight excluding hydrogens is 448 g/mol. The number of carbonyl (C=O) groups is 3. The van der Waals surface area contributed by atoms with Crippen LogP contribution in [0.25, 0.3) is 11.3 Å². The third-order valence-corrected chi connectivity index (χ3v) is 5.41. The first-order valence-corrected chi connectivity index (χ1v) is 10.5. The molecule has 1 fully saturated rings. The first-order valence-electron chi connectivity index (χ1n) is 10.2. The summed E-state index contributed by atoms with van der Waals surface area (Å²) in [5.74, 6) is -0.878. The van der Waals surface area contributed by atoms with Crippen LogP contribution in [0, 0.1) is 11.3 Å². The molecule has 1 aliphatic rings. The fourth-order valence-electron chi connectivity index (χ4n) is 3.43. The number of halogens is 1. The molecule has 0 spiro atoms. The quantitative estimate of drug-likeness (QED) is 0.528. The first kappa shape index (κ1) is 22.2. The van der Waals surface area contributed by atoms with E-state index in [9.17, 15) is 14.4 Å². The van der Waals surface area contributed by atoms with Gasteiger partial charge in [0, 0.05) is 30.6 Å². The Labute approximate surface area is 193 Å². The molecule has 3 amide bonds. The van der Waals surface area contributed by atoms with Crippen molar-refractivity contribution >= 4 is 29.3 Å². The van der Waals surface area contributed by atoms with Gasteiger partial charge in [0.15, 0.2) is 5.69 Å². The topological polar surface area (TPSA) is 134 Å². The second kappa shape index (κ2) is 9.26. The Hall–Kier alpha value is -3.97. The molecule has 3 aromatic rings. The number of hydrogen-bond acceptors (Lipinski definition) is 7. The molecule has 1 atom stereocenters. The maximum atomic E-state index is 12.5. The lowest BCUT2D eigenvalue weighted by atomic mass is 10.1. The Morgan fingerprint density at radius 2 is 2.06 bits per heavy atom. The lowest BCUT2D eigenvalue weighted by Gasteiger charge is -2.13. The van der Waals surface area contributed by atoms with Crippen molar-refractivity contribution in [1.29, 1.82) is 5.26 Å². The number of likely N-dealkylation sites (tertiary alicyclic amines) is 1. The third-order valence-electron chi connectivity index (χ3n) is 5.10. The molecule has 1 N–H and O–H groups in total. The number of aromatic nitrogens is 3. The van der Waals surface area contributed by atoms with Crippen molar-refractivity contribution in [1.82, 2.24) is 25.0 Å². The summed E-state index contributed by atoms with van der Waals surface area (Å²) in [5.41, 5.74) is 1.92. The van der Waals surface area contributed by atoms with Crippen LogP contribution in [-0.4, -0.2) is 43.4 Å². The minimum atomic E-state index is -0.442. The third kappa shape index (κ3) is 4.94. The van der Waals surface area contributed by atoms with Gasteiger partial charge in [-0.2, -0.15) is 10.4 Å². The maximum Gasteiger partial charge on any atom is 0.273 e. The summed E-state index contributed by atoms with van der Waals surface area (Å²) in [4.78, 5) is 41.1. The van der Waals surface area contributed by atoms with Crippen molar-refractivity contribution in [3.63, 3.8) is 0 Å². The van der Waals surface area contributed by atoms with E-state index in [0.29, 0.717) is 22.8 Å². The van der Waals surface area contributed by atoms with E-state index in [0.717, 1.165) is 10.5 Å². The van der Waals surface area contributed by atoms with Gasteiger partial charge in [-0.1, -0.05) is 17.7 Å². The first-order chi connectivity index (χ1) is 15.8. The van der Waals surface area contributed by atoms with E-state index in [-0.39, 0.29) is 48.8 Å². The average molecular weight is 467 g/mol. The van der Waals surface area contributed by atoms with Gasteiger partial charge in [-0.25, -0.2) is 4.98 Å². The van der Waals surface area contributed by atoms with Gasteiger partial charge in [0.25, 0.3) is 5.91 Å². The van der Waals surface area contributed by atoms with Gasteiger partial charge in [-0.15, -0.1) is 0 Å². The van der Waals surface area contributed by atoms with Gasteiger partial charge in [0.2, 0.25) is 17.7 Å². The number of nitrogens with zero attached hydrogens (tertiary/aromatic N) is 5. The minimum absolute atomic E-state index is 0.0596. The number of oxazole rings is 1. The summed E-state index contributed by atoms with van der Waals surface area (Å²) in [5, 5.41) is 16.7. The molecule has 11 heteroatoms. The number of nitrogens with one attached hydrogen (secondary N) is 1. The van der Waals surface area contributed by atoms with Gasteiger partial charge in [-0.3, -0.25) is 24.0 Å². The molecular formula is C22H19ClN6O4. The van der Waals surface area contributed by atoms with E-state index in [2.05, 4.69) is 15.4 Å². The second-order valence-electron chi connectivity index (χ2n) is 7.60. The van der Waals surface area contributed by atoms with E-state index in [1.165, 1.54) is 6.26 Å². The van der Waals surface area contributed by atoms with Crippen LogP contribution in [0.4, 0.5) is 0 Å². The molecule has 0 unspecified atom stereocenters. The zero-order valence-electron chi connectivity index (χ0n) is 17.6. The zero-order chi connectivity index (χ0) is 23.5. The average Bonchev–Trinajstić information content (AvgIpc) is 3.51. The van der Waals surface area contributed by atoms with Crippen molar-refractivity contribution < 1.29 is 18.8 Å². The molecule has 1 saturated heterocycles. The molecule has 168 valence electrons. The minimum Gasteiger partial charge on any atom is -0.446 e. The van der Waals surface area contributed by atoms with Crippen molar-refractivity contribution in [2.75, 3.05) is 0 Å². The molecule has 0 bridgehead atoms. The normalized spacial score (nSPS) is 14.4. The number of nitriles is 1. The summed E-state index contributed by atoms with van der Waals surface area (Å²) in [6.07, 6.45) is 3.33. The molecule has 4 rings (SSSR count). The summed E-state index contributed by atoms with van der Waals surface area (Å²) >= 11 is 6.10. The molecule has 1 aliphatic heterocycles. The smallest absolute Gasteiger partial charge is 0.273 e. The molecule has 0 radical (unpaired) electrons. The van der Waals surface area contributed by atoms with Crippen molar-refractivity contribution in [2.24, 2.45) is 0 Å². The predicted octanol–water partition coefficient (Wildman–Crippen LogP) is 2.53. The monoisotopic (exact) mass is 466 g/mol. The number of carbonyl (C=O) groups excluding carboxylic acids is 3. The van der Waals surface area contributed by atoms with Gasteiger partial charge in [-0.05, 0) is 25.1 Å². The molecule has 1 aromatic carbocycles. The van der Waals surface area contributed by atoms with Gasteiger partial charge < -0.3 is 9.73 Å². The molecule has 2 aromatic heterocycles. The van der Waals surface area contributed by atoms with Crippen LogP contribution in [0.2, 0.25) is 5.02 Å². The fraction of sp³-hybridized carbons (Fsp3) is 0.273. The van der Waals surface area contributed by atoms with Crippen LogP contribution >= 0.6 is 11.6 Å². The lowest BCUT2D eigenvalue weighted by Crippen LogP contribution is -2.36. The number of amides is 3.